The molecule has 3 aromatic rings. The zero-order chi connectivity index (χ0) is 23.9. The fourth-order valence-corrected chi connectivity index (χ4v) is 4.88. The van der Waals surface area contributed by atoms with Gasteiger partial charge in [-0.15, -0.1) is 0 Å². The monoisotopic (exact) mass is 455 g/mol. The van der Waals surface area contributed by atoms with Gasteiger partial charge in [0.15, 0.2) is 5.78 Å². The minimum absolute atomic E-state index is 0.0154. The maximum atomic E-state index is 13.8. The van der Waals surface area contributed by atoms with Gasteiger partial charge >= 0.3 is 6.03 Å². The molecule has 0 spiro atoms. The second-order valence-corrected chi connectivity index (χ2v) is 9.60. The minimum Gasteiger partial charge on any atom is -0.357 e. The van der Waals surface area contributed by atoms with Crippen molar-refractivity contribution in [3.63, 3.8) is 0 Å². The first kappa shape index (κ1) is 21.9. The quantitative estimate of drug-likeness (QED) is 0.453. The molecule has 1 heterocycles. The van der Waals surface area contributed by atoms with Crippen LogP contribution in [0.15, 0.2) is 90.1 Å². The number of anilines is 3. The summed E-state index contributed by atoms with van der Waals surface area (Å²) in [6, 6.07) is 21.7. The summed E-state index contributed by atoms with van der Waals surface area (Å²) in [4.78, 5) is 29.0. The number of rotatable bonds is 2. The number of amides is 2. The second-order valence-electron chi connectivity index (χ2n) is 9.60. The van der Waals surface area contributed by atoms with E-state index in [0.717, 1.165) is 11.4 Å². The van der Waals surface area contributed by atoms with Crippen molar-refractivity contribution in [1.29, 1.82) is 0 Å². The summed E-state index contributed by atoms with van der Waals surface area (Å²) in [5, 5.41) is 6.44. The Labute approximate surface area is 198 Å². The zero-order valence-corrected chi connectivity index (χ0v) is 19.1. The van der Waals surface area contributed by atoms with Gasteiger partial charge < -0.3 is 10.6 Å². The van der Waals surface area contributed by atoms with E-state index in [1.54, 1.807) is 17.0 Å². The lowest BCUT2D eigenvalue weighted by Crippen LogP contribution is -2.41. The Morgan fingerprint density at radius 1 is 0.971 bits per heavy atom. The van der Waals surface area contributed by atoms with Crippen LogP contribution in [-0.2, 0) is 4.79 Å². The summed E-state index contributed by atoms with van der Waals surface area (Å²) in [5.74, 6) is -0.389. The lowest BCUT2D eigenvalue weighted by Gasteiger charge is -2.37. The summed E-state index contributed by atoms with van der Waals surface area (Å²) < 4.78 is 13.8. The van der Waals surface area contributed by atoms with Crippen molar-refractivity contribution >= 4 is 28.9 Å². The van der Waals surface area contributed by atoms with E-state index in [4.69, 9.17) is 0 Å². The van der Waals surface area contributed by atoms with Gasteiger partial charge in [-0.05, 0) is 53.8 Å². The van der Waals surface area contributed by atoms with Crippen LogP contribution in [0.25, 0.3) is 0 Å². The molecule has 0 fully saturated rings. The molecule has 1 aliphatic heterocycles. The van der Waals surface area contributed by atoms with Crippen molar-refractivity contribution in [1.82, 2.24) is 0 Å². The van der Waals surface area contributed by atoms with E-state index in [1.165, 1.54) is 12.1 Å². The van der Waals surface area contributed by atoms with Crippen LogP contribution in [0.5, 0.6) is 0 Å². The first-order valence-corrected chi connectivity index (χ1v) is 11.4. The third-order valence-electron chi connectivity index (χ3n) is 6.33. The fraction of sp³-hybridized carbons (Fsp3) is 0.214. The van der Waals surface area contributed by atoms with E-state index in [0.29, 0.717) is 35.4 Å². The highest BCUT2D eigenvalue weighted by Crippen LogP contribution is 2.48. The molecule has 5 nitrogen and oxygen atoms in total. The molecule has 2 N–H and O–H groups in total. The topological polar surface area (TPSA) is 61.4 Å². The van der Waals surface area contributed by atoms with Crippen LogP contribution in [0.3, 0.4) is 0 Å². The van der Waals surface area contributed by atoms with Crippen LogP contribution in [0.1, 0.15) is 38.3 Å². The molecule has 6 heteroatoms. The lowest BCUT2D eigenvalue weighted by atomic mass is 9.73. The van der Waals surface area contributed by atoms with Gasteiger partial charge in [-0.3, -0.25) is 9.69 Å². The van der Waals surface area contributed by atoms with Gasteiger partial charge in [0.25, 0.3) is 0 Å². The average molecular weight is 456 g/mol. The number of nitrogens with zero attached hydrogens (tertiary/aromatic N) is 1. The van der Waals surface area contributed by atoms with Crippen molar-refractivity contribution in [3.05, 3.63) is 102 Å². The number of benzene rings is 3. The van der Waals surface area contributed by atoms with Crippen molar-refractivity contribution in [2.45, 2.75) is 32.7 Å². The molecule has 1 unspecified atom stereocenters. The third kappa shape index (κ3) is 4.07. The van der Waals surface area contributed by atoms with Gasteiger partial charge in [-0.25, -0.2) is 9.18 Å². The molecule has 0 bridgehead atoms. The second kappa shape index (κ2) is 8.45. The van der Waals surface area contributed by atoms with E-state index >= 15 is 0 Å². The molecule has 1 aliphatic carbocycles. The maximum Gasteiger partial charge on any atom is 0.327 e. The molecule has 0 aromatic heterocycles. The normalized spacial score (nSPS) is 19.0. The molecule has 34 heavy (non-hydrogen) atoms. The van der Waals surface area contributed by atoms with Gasteiger partial charge in [0.05, 0.1) is 17.4 Å². The van der Waals surface area contributed by atoms with E-state index in [9.17, 15) is 14.0 Å². The number of hydrogen-bond donors (Lipinski definition) is 2. The number of allylic oxidation sites excluding steroid dienone is 1. The number of carbonyl (C=O) groups excluding carboxylic acids is 2. The highest BCUT2D eigenvalue weighted by Gasteiger charge is 2.43. The number of Topliss-reactive ketones (excluding diaryl/α,β-unsaturated/α-hetero) is 1. The first-order valence-electron chi connectivity index (χ1n) is 11.4. The largest absolute Gasteiger partial charge is 0.357 e. The van der Waals surface area contributed by atoms with E-state index in [1.807, 2.05) is 54.6 Å². The summed E-state index contributed by atoms with van der Waals surface area (Å²) in [7, 11) is 0. The van der Waals surface area contributed by atoms with Crippen molar-refractivity contribution in [3.8, 4) is 0 Å². The molecule has 172 valence electrons. The maximum absolute atomic E-state index is 13.8. The summed E-state index contributed by atoms with van der Waals surface area (Å²) in [5.41, 5.74) is 3.84. The molecule has 1 atom stereocenters. The van der Waals surface area contributed by atoms with Gasteiger partial charge in [0.1, 0.15) is 5.82 Å². The number of hydrogen-bond acceptors (Lipinski definition) is 3. The smallest absolute Gasteiger partial charge is 0.327 e. The summed E-state index contributed by atoms with van der Waals surface area (Å²) >= 11 is 0. The van der Waals surface area contributed by atoms with Gasteiger partial charge in [-0.1, -0.05) is 56.3 Å². The number of urea groups is 1. The number of nitrogens with one attached hydrogen (secondary N) is 2. The highest BCUT2D eigenvalue weighted by molar-refractivity contribution is 6.09. The first-order chi connectivity index (χ1) is 16.3. The SMILES string of the molecule is CC1(C)CC(=O)C2=C(C1)Nc1ccccc1N(C(=O)Nc1ccccc1)C2c1ccc(F)cc1. The number of fused-ring (bicyclic) bond motifs is 1. The van der Waals surface area contributed by atoms with E-state index in [-0.39, 0.29) is 23.0 Å². The van der Waals surface area contributed by atoms with Gasteiger partial charge in [0.2, 0.25) is 0 Å². The summed E-state index contributed by atoms with van der Waals surface area (Å²) in [6.07, 6.45) is 1.03. The number of halogens is 1. The minimum atomic E-state index is -0.709. The molecule has 0 radical (unpaired) electrons. The average Bonchev–Trinajstić information content (AvgIpc) is 2.94. The molecule has 5 rings (SSSR count). The van der Waals surface area contributed by atoms with Crippen LogP contribution in [0.4, 0.5) is 26.2 Å². The van der Waals surface area contributed by atoms with Crippen molar-refractivity contribution in [2.75, 3.05) is 15.5 Å². The molecular formula is C28H26FN3O2. The van der Waals surface area contributed by atoms with Crippen LogP contribution >= 0.6 is 0 Å². The van der Waals surface area contributed by atoms with Gasteiger partial charge in [-0.2, -0.15) is 0 Å². The Kier molecular flexibility index (Phi) is 5.44. The molecule has 0 saturated heterocycles. The zero-order valence-electron chi connectivity index (χ0n) is 19.1. The Hall–Kier alpha value is -3.93. The fourth-order valence-electron chi connectivity index (χ4n) is 4.88. The lowest BCUT2D eigenvalue weighted by molar-refractivity contribution is -0.118. The van der Waals surface area contributed by atoms with Crippen LogP contribution in [0.2, 0.25) is 0 Å². The Balaban J connectivity index is 1.72. The number of para-hydroxylation sites is 3. The van der Waals surface area contributed by atoms with Crippen LogP contribution in [-0.4, -0.2) is 11.8 Å². The third-order valence-corrected chi connectivity index (χ3v) is 6.33. The van der Waals surface area contributed by atoms with Crippen LogP contribution in [0, 0.1) is 11.2 Å². The standard InChI is InChI=1S/C28H26FN3O2/c1-28(2)16-22-25(24(33)17-28)26(18-12-14-19(29)15-13-18)32(23-11-7-6-10-21(23)31-22)27(34)30-20-8-4-3-5-9-20/h3-15,26,31H,16-17H2,1-2H3,(H,30,34). The number of ketones is 1. The van der Waals surface area contributed by atoms with E-state index in [2.05, 4.69) is 24.5 Å². The molecule has 2 amide bonds. The van der Waals surface area contributed by atoms with Crippen LogP contribution < -0.4 is 15.5 Å². The van der Waals surface area contributed by atoms with E-state index < -0.39 is 6.04 Å². The van der Waals surface area contributed by atoms with Gasteiger partial charge in [0, 0.05) is 23.4 Å². The van der Waals surface area contributed by atoms with Crippen molar-refractivity contribution in [2.24, 2.45) is 5.41 Å². The Morgan fingerprint density at radius 3 is 2.38 bits per heavy atom. The highest BCUT2D eigenvalue weighted by atomic mass is 19.1. The molecular weight excluding hydrogens is 429 g/mol. The molecule has 0 saturated carbocycles. The molecule has 3 aromatic carbocycles. The molecule has 2 aliphatic rings. The number of carbonyl (C=O) groups is 2. The van der Waals surface area contributed by atoms with Crippen molar-refractivity contribution < 1.29 is 14.0 Å². The Bertz CT molecular complexity index is 1280. The Morgan fingerprint density at radius 2 is 1.65 bits per heavy atom. The predicted molar refractivity (Wildman–Crippen MR) is 132 cm³/mol. The summed E-state index contributed by atoms with van der Waals surface area (Å²) in [6.45, 7) is 4.14. The predicted octanol–water partition coefficient (Wildman–Crippen LogP) is 6.67.